The number of benzene rings is 1. The summed E-state index contributed by atoms with van der Waals surface area (Å²) in [6.07, 6.45) is 2.01. The van der Waals surface area contributed by atoms with Crippen LogP contribution >= 0.6 is 0 Å². The van der Waals surface area contributed by atoms with Gasteiger partial charge in [0.05, 0.1) is 12.1 Å². The number of carbonyl (C=O) groups is 2. The lowest BCUT2D eigenvalue weighted by Crippen LogP contribution is -2.40. The minimum Gasteiger partial charge on any atom is -0.444 e. The Morgan fingerprint density at radius 3 is 2.07 bits per heavy atom. The molecule has 1 aromatic carbocycles. The van der Waals surface area contributed by atoms with Crippen LogP contribution in [0.1, 0.15) is 59.1 Å². The van der Waals surface area contributed by atoms with Crippen LogP contribution in [0, 0.1) is 0 Å². The Bertz CT molecular complexity index is 633. The van der Waals surface area contributed by atoms with Crippen molar-refractivity contribution >= 4 is 12.5 Å². The largest absolute Gasteiger partial charge is 0.444 e. The minimum atomic E-state index is -0.522. The van der Waals surface area contributed by atoms with E-state index >= 15 is 0 Å². The first kappa shape index (κ1) is 24.9. The lowest BCUT2D eigenvalue weighted by atomic mass is 10.1. The molecule has 0 spiro atoms. The first-order chi connectivity index (χ1) is 13.4. The first-order valence-corrected chi connectivity index (χ1v) is 10.1. The van der Waals surface area contributed by atoms with Gasteiger partial charge in [0.15, 0.2) is 0 Å². The normalized spacial score (nSPS) is 11.8. The molecule has 0 bridgehead atoms. The summed E-state index contributed by atoms with van der Waals surface area (Å²) >= 11 is 0. The number of aryl methyl sites for hydroxylation is 1. The maximum Gasteiger partial charge on any atom is 0.410 e. The van der Waals surface area contributed by atoms with Gasteiger partial charge in [0, 0.05) is 19.6 Å². The Morgan fingerprint density at radius 2 is 1.59 bits per heavy atom. The molecule has 0 atom stereocenters. The predicted molar refractivity (Wildman–Crippen MR) is 114 cm³/mol. The van der Waals surface area contributed by atoms with Gasteiger partial charge in [-0.25, -0.2) is 9.86 Å². The summed E-state index contributed by atoms with van der Waals surface area (Å²) in [6, 6.07) is 8.05. The number of amides is 2. The van der Waals surface area contributed by atoms with Gasteiger partial charge in [0.1, 0.15) is 5.60 Å². The van der Waals surface area contributed by atoms with Crippen molar-refractivity contribution in [3.05, 3.63) is 35.4 Å². The number of hydroxylamine groups is 2. The number of rotatable bonds is 10. The fourth-order valence-electron chi connectivity index (χ4n) is 2.68. The SMILES string of the molecule is CC(C)(C)OC(=O)N(CCN)CCCc1ccc(CN(C=O)OC(C)(C)C)cc1. The molecule has 164 valence electrons. The topological polar surface area (TPSA) is 85.1 Å². The van der Waals surface area contributed by atoms with E-state index in [2.05, 4.69) is 0 Å². The van der Waals surface area contributed by atoms with E-state index in [9.17, 15) is 9.59 Å². The second-order valence-electron chi connectivity index (χ2n) is 9.06. The molecule has 0 aliphatic rings. The van der Waals surface area contributed by atoms with Crippen molar-refractivity contribution < 1.29 is 19.2 Å². The third-order valence-electron chi connectivity index (χ3n) is 3.81. The number of carbonyl (C=O) groups excluding carboxylic acids is 2. The molecular formula is C22H37N3O4. The maximum atomic E-state index is 12.3. The number of hydrogen-bond donors (Lipinski definition) is 1. The molecular weight excluding hydrogens is 370 g/mol. The van der Waals surface area contributed by atoms with Crippen LogP contribution in [0.25, 0.3) is 0 Å². The Hall–Kier alpha value is -2.12. The molecule has 1 aromatic rings. The van der Waals surface area contributed by atoms with Gasteiger partial charge in [-0.2, -0.15) is 0 Å². The van der Waals surface area contributed by atoms with Crippen molar-refractivity contribution in [2.75, 3.05) is 19.6 Å². The Kier molecular flexibility index (Phi) is 9.59. The number of hydrogen-bond acceptors (Lipinski definition) is 5. The highest BCUT2D eigenvalue weighted by Gasteiger charge is 2.21. The van der Waals surface area contributed by atoms with Crippen molar-refractivity contribution in [3.8, 4) is 0 Å². The van der Waals surface area contributed by atoms with Crippen LogP contribution in [-0.2, 0) is 27.3 Å². The summed E-state index contributed by atoms with van der Waals surface area (Å²) < 4.78 is 5.44. The third kappa shape index (κ3) is 10.9. The van der Waals surface area contributed by atoms with E-state index in [4.69, 9.17) is 15.3 Å². The molecule has 2 N–H and O–H groups in total. The maximum absolute atomic E-state index is 12.3. The zero-order chi connectivity index (χ0) is 22.1. The van der Waals surface area contributed by atoms with E-state index in [0.29, 0.717) is 32.6 Å². The molecule has 1 rings (SSSR count). The van der Waals surface area contributed by atoms with Crippen LogP contribution in [0.3, 0.4) is 0 Å². The molecule has 0 saturated carbocycles. The lowest BCUT2D eigenvalue weighted by Gasteiger charge is -2.27. The summed E-state index contributed by atoms with van der Waals surface area (Å²) in [6.45, 7) is 13.1. The highest BCUT2D eigenvalue weighted by Crippen LogP contribution is 2.14. The van der Waals surface area contributed by atoms with Crippen molar-refractivity contribution in [3.63, 3.8) is 0 Å². The first-order valence-electron chi connectivity index (χ1n) is 10.1. The Balaban J connectivity index is 2.55. The van der Waals surface area contributed by atoms with Gasteiger partial charge in [-0.15, -0.1) is 0 Å². The molecule has 0 saturated heterocycles. The molecule has 7 heteroatoms. The molecule has 7 nitrogen and oxygen atoms in total. The van der Waals surface area contributed by atoms with Crippen LogP contribution in [0.4, 0.5) is 4.79 Å². The molecule has 0 aliphatic heterocycles. The lowest BCUT2D eigenvalue weighted by molar-refractivity contribution is -0.220. The van der Waals surface area contributed by atoms with Crippen LogP contribution < -0.4 is 5.73 Å². The highest BCUT2D eigenvalue weighted by molar-refractivity contribution is 5.68. The van der Waals surface area contributed by atoms with Crippen LogP contribution in [-0.4, -0.2) is 53.3 Å². The van der Waals surface area contributed by atoms with Crippen LogP contribution in [0.5, 0.6) is 0 Å². The molecule has 0 aliphatic carbocycles. The minimum absolute atomic E-state index is 0.328. The smallest absolute Gasteiger partial charge is 0.410 e. The second-order valence-corrected chi connectivity index (χ2v) is 9.06. The molecule has 0 radical (unpaired) electrons. The number of ether oxygens (including phenoxy) is 1. The standard InChI is InChI=1S/C22H37N3O4/c1-21(2,3)28-20(27)24(15-13-23)14-7-8-18-9-11-19(12-10-18)16-25(17-26)29-22(4,5)6/h9-12,17H,7-8,13-16,23H2,1-6H3. The summed E-state index contributed by atoms with van der Waals surface area (Å²) in [5.41, 5.74) is 6.84. The molecule has 0 heterocycles. The van der Waals surface area contributed by atoms with E-state index in [-0.39, 0.29) is 6.09 Å². The average molecular weight is 408 g/mol. The summed E-state index contributed by atoms with van der Waals surface area (Å²) in [5, 5.41) is 1.31. The number of nitrogens with zero attached hydrogens (tertiary/aromatic N) is 2. The van der Waals surface area contributed by atoms with Gasteiger partial charge >= 0.3 is 6.09 Å². The average Bonchev–Trinajstić information content (AvgIpc) is 2.59. The zero-order valence-corrected chi connectivity index (χ0v) is 18.7. The Morgan fingerprint density at radius 1 is 1.00 bits per heavy atom. The van der Waals surface area contributed by atoms with Gasteiger partial charge in [-0.3, -0.25) is 9.63 Å². The van der Waals surface area contributed by atoms with Gasteiger partial charge in [0.25, 0.3) is 0 Å². The molecule has 29 heavy (non-hydrogen) atoms. The van der Waals surface area contributed by atoms with E-state index in [1.54, 1.807) is 4.90 Å². The third-order valence-corrected chi connectivity index (χ3v) is 3.81. The van der Waals surface area contributed by atoms with E-state index < -0.39 is 11.2 Å². The molecule has 0 unspecified atom stereocenters. The van der Waals surface area contributed by atoms with E-state index in [0.717, 1.165) is 18.4 Å². The fourth-order valence-corrected chi connectivity index (χ4v) is 2.68. The quantitative estimate of drug-likeness (QED) is 0.474. The van der Waals surface area contributed by atoms with Gasteiger partial charge in [-0.1, -0.05) is 24.3 Å². The molecule has 0 aromatic heterocycles. The monoisotopic (exact) mass is 407 g/mol. The fraction of sp³-hybridized carbons (Fsp3) is 0.636. The summed E-state index contributed by atoms with van der Waals surface area (Å²) in [5.74, 6) is 0. The predicted octanol–water partition coefficient (Wildman–Crippen LogP) is 3.50. The van der Waals surface area contributed by atoms with Crippen molar-refractivity contribution in [1.82, 2.24) is 9.96 Å². The number of nitrogens with two attached hydrogens (primary N) is 1. The van der Waals surface area contributed by atoms with E-state index in [1.165, 1.54) is 10.6 Å². The summed E-state index contributed by atoms with van der Waals surface area (Å²) in [7, 11) is 0. The zero-order valence-electron chi connectivity index (χ0n) is 18.7. The van der Waals surface area contributed by atoms with Crippen molar-refractivity contribution in [1.29, 1.82) is 0 Å². The van der Waals surface area contributed by atoms with Crippen molar-refractivity contribution in [2.24, 2.45) is 5.73 Å². The second kappa shape index (κ2) is 11.2. The van der Waals surface area contributed by atoms with Crippen molar-refractivity contribution in [2.45, 2.75) is 72.1 Å². The Labute approximate surface area is 175 Å². The van der Waals surface area contributed by atoms with Crippen LogP contribution in [0.15, 0.2) is 24.3 Å². The summed E-state index contributed by atoms with van der Waals surface area (Å²) in [4.78, 5) is 30.7. The molecule has 2 amide bonds. The molecule has 0 fully saturated rings. The van der Waals surface area contributed by atoms with Gasteiger partial charge in [0.2, 0.25) is 6.41 Å². The highest BCUT2D eigenvalue weighted by atomic mass is 16.7. The van der Waals surface area contributed by atoms with E-state index in [1.807, 2.05) is 65.8 Å². The van der Waals surface area contributed by atoms with Gasteiger partial charge in [-0.05, 0) is 65.5 Å². The van der Waals surface area contributed by atoms with Crippen LogP contribution in [0.2, 0.25) is 0 Å². The van der Waals surface area contributed by atoms with Gasteiger partial charge < -0.3 is 15.4 Å².